The quantitative estimate of drug-likeness (QED) is 0.887. The van der Waals surface area contributed by atoms with Gasteiger partial charge in [-0.05, 0) is 36.3 Å². The smallest absolute Gasteiger partial charge is 0.233 e. The standard InChI is InChI=1S/C18H23NO5S/c1-17(2)12-5-6-18(17,16(20)9-12)11-25(21,22)19-13-3-4-14-15(10-13)24-8-7-23-14/h3-4,10,12,19H,5-9,11H2,1-2H3. The molecule has 2 bridgehead atoms. The van der Waals surface area contributed by atoms with Gasteiger partial charge >= 0.3 is 0 Å². The summed E-state index contributed by atoms with van der Waals surface area (Å²) in [5.41, 5.74) is -0.610. The maximum Gasteiger partial charge on any atom is 0.233 e. The molecule has 3 aliphatic rings. The molecule has 0 spiro atoms. The number of fused-ring (bicyclic) bond motifs is 3. The van der Waals surface area contributed by atoms with Crippen molar-refractivity contribution in [2.24, 2.45) is 16.7 Å². The van der Waals surface area contributed by atoms with E-state index in [2.05, 4.69) is 4.72 Å². The first-order valence-corrected chi connectivity index (χ1v) is 10.3. The molecule has 0 radical (unpaired) electrons. The topological polar surface area (TPSA) is 81.7 Å². The minimum absolute atomic E-state index is 0.0984. The van der Waals surface area contributed by atoms with Crippen LogP contribution in [0.1, 0.15) is 33.1 Å². The molecule has 136 valence electrons. The van der Waals surface area contributed by atoms with Gasteiger partial charge in [0.1, 0.15) is 19.0 Å². The Kier molecular flexibility index (Phi) is 3.58. The van der Waals surface area contributed by atoms with Crippen molar-refractivity contribution in [1.82, 2.24) is 0 Å². The fourth-order valence-corrected chi connectivity index (χ4v) is 6.64. The molecule has 1 aromatic carbocycles. The maximum absolute atomic E-state index is 12.8. The van der Waals surface area contributed by atoms with E-state index in [4.69, 9.17) is 9.47 Å². The lowest BCUT2D eigenvalue weighted by atomic mass is 9.70. The number of ether oxygens (including phenoxy) is 2. The van der Waals surface area contributed by atoms with Crippen LogP contribution < -0.4 is 14.2 Å². The summed E-state index contributed by atoms with van der Waals surface area (Å²) in [6, 6.07) is 4.98. The lowest BCUT2D eigenvalue weighted by Crippen LogP contribution is -2.43. The van der Waals surface area contributed by atoms with Crippen LogP contribution in [0, 0.1) is 16.7 Å². The van der Waals surface area contributed by atoms with E-state index in [-0.39, 0.29) is 17.0 Å². The Balaban J connectivity index is 1.58. The highest BCUT2D eigenvalue weighted by molar-refractivity contribution is 7.92. The maximum atomic E-state index is 12.8. The number of ketones is 1. The molecule has 0 saturated heterocycles. The molecule has 25 heavy (non-hydrogen) atoms. The lowest BCUT2D eigenvalue weighted by Gasteiger charge is -2.36. The fourth-order valence-electron chi connectivity index (χ4n) is 4.76. The molecule has 2 aliphatic carbocycles. The summed E-state index contributed by atoms with van der Waals surface area (Å²) in [7, 11) is -3.66. The van der Waals surface area contributed by atoms with Gasteiger partial charge < -0.3 is 9.47 Å². The first-order chi connectivity index (χ1) is 11.7. The second-order valence-electron chi connectivity index (χ2n) is 7.89. The van der Waals surface area contributed by atoms with Gasteiger partial charge in [0.25, 0.3) is 0 Å². The van der Waals surface area contributed by atoms with E-state index >= 15 is 0 Å². The number of carbonyl (C=O) groups is 1. The molecule has 1 N–H and O–H groups in total. The second-order valence-corrected chi connectivity index (χ2v) is 9.61. The first-order valence-electron chi connectivity index (χ1n) is 8.67. The molecule has 6 nitrogen and oxygen atoms in total. The van der Waals surface area contributed by atoms with Crippen LogP contribution in [0.2, 0.25) is 0 Å². The number of anilines is 1. The van der Waals surface area contributed by atoms with Crippen LogP contribution in [0.25, 0.3) is 0 Å². The van der Waals surface area contributed by atoms with Crippen molar-refractivity contribution in [3.05, 3.63) is 18.2 Å². The van der Waals surface area contributed by atoms with Crippen molar-refractivity contribution in [2.45, 2.75) is 33.1 Å². The molecule has 1 aliphatic heterocycles. The number of sulfonamides is 1. The Morgan fingerprint density at radius 3 is 2.56 bits per heavy atom. The number of Topliss-reactive ketones (excluding diaryl/α,β-unsaturated/α-hetero) is 1. The van der Waals surface area contributed by atoms with E-state index in [0.29, 0.717) is 49.2 Å². The Morgan fingerprint density at radius 1 is 1.20 bits per heavy atom. The third-order valence-corrected chi connectivity index (χ3v) is 7.81. The zero-order chi connectivity index (χ0) is 17.9. The SMILES string of the molecule is CC1(C)C2CCC1(CS(=O)(=O)Nc1ccc3c(c1)OCCO3)C(=O)C2. The Bertz CT molecular complexity index is 832. The fraction of sp³-hybridized carbons (Fsp3) is 0.611. The molecule has 7 heteroatoms. The second kappa shape index (κ2) is 5.37. The summed E-state index contributed by atoms with van der Waals surface area (Å²) < 4.78 is 39.2. The molecular weight excluding hydrogens is 342 g/mol. The molecule has 0 amide bonds. The van der Waals surface area contributed by atoms with Crippen LogP contribution in [0.4, 0.5) is 5.69 Å². The largest absolute Gasteiger partial charge is 0.486 e. The van der Waals surface area contributed by atoms with Crippen LogP contribution >= 0.6 is 0 Å². The number of rotatable bonds is 4. The van der Waals surface area contributed by atoms with E-state index in [1.54, 1.807) is 18.2 Å². The summed E-state index contributed by atoms with van der Waals surface area (Å²) in [6.45, 7) is 5.00. The average molecular weight is 365 g/mol. The minimum Gasteiger partial charge on any atom is -0.486 e. The predicted molar refractivity (Wildman–Crippen MR) is 93.4 cm³/mol. The van der Waals surface area contributed by atoms with Gasteiger partial charge in [0, 0.05) is 12.5 Å². The van der Waals surface area contributed by atoms with E-state index < -0.39 is 15.4 Å². The molecule has 2 saturated carbocycles. The number of hydrogen-bond donors (Lipinski definition) is 1. The third-order valence-electron chi connectivity index (χ3n) is 6.39. The van der Waals surface area contributed by atoms with Crippen molar-refractivity contribution in [3.8, 4) is 11.5 Å². The van der Waals surface area contributed by atoms with Gasteiger partial charge in [-0.15, -0.1) is 0 Å². The third kappa shape index (κ3) is 2.51. The molecular formula is C18H23NO5S. The molecule has 4 rings (SSSR count). The monoisotopic (exact) mass is 365 g/mol. The van der Waals surface area contributed by atoms with Gasteiger partial charge in [-0.25, -0.2) is 8.42 Å². The Hall–Kier alpha value is -1.76. The molecule has 1 aromatic rings. The minimum atomic E-state index is -3.66. The molecule has 1 heterocycles. The highest BCUT2D eigenvalue weighted by Crippen LogP contribution is 2.64. The highest BCUT2D eigenvalue weighted by Gasteiger charge is 2.65. The first kappa shape index (κ1) is 16.7. The summed E-state index contributed by atoms with van der Waals surface area (Å²) in [5, 5.41) is 0. The molecule has 2 unspecified atom stereocenters. The summed E-state index contributed by atoms with van der Waals surface area (Å²) >= 11 is 0. The van der Waals surface area contributed by atoms with Crippen molar-refractivity contribution >= 4 is 21.5 Å². The van der Waals surface area contributed by atoms with Gasteiger partial charge in [0.15, 0.2) is 11.5 Å². The van der Waals surface area contributed by atoms with Crippen molar-refractivity contribution in [3.63, 3.8) is 0 Å². The normalized spacial score (nSPS) is 29.7. The van der Waals surface area contributed by atoms with Gasteiger partial charge in [-0.2, -0.15) is 0 Å². The van der Waals surface area contributed by atoms with E-state index in [0.717, 1.165) is 6.42 Å². The molecule has 0 aromatic heterocycles. The summed E-state index contributed by atoms with van der Waals surface area (Å²) in [5.74, 6) is 1.38. The van der Waals surface area contributed by atoms with Crippen LogP contribution in [0.15, 0.2) is 18.2 Å². The molecule has 2 fully saturated rings. The predicted octanol–water partition coefficient (Wildman–Crippen LogP) is 2.59. The summed E-state index contributed by atoms with van der Waals surface area (Å²) in [6.07, 6.45) is 2.09. The van der Waals surface area contributed by atoms with Crippen LogP contribution in [0.5, 0.6) is 11.5 Å². The van der Waals surface area contributed by atoms with Gasteiger partial charge in [-0.3, -0.25) is 9.52 Å². The van der Waals surface area contributed by atoms with Crippen molar-refractivity contribution in [1.29, 1.82) is 0 Å². The Morgan fingerprint density at radius 2 is 1.92 bits per heavy atom. The highest BCUT2D eigenvalue weighted by atomic mass is 32.2. The number of nitrogens with one attached hydrogen (secondary N) is 1. The zero-order valence-corrected chi connectivity index (χ0v) is 15.3. The van der Waals surface area contributed by atoms with Gasteiger partial charge in [0.05, 0.1) is 16.9 Å². The van der Waals surface area contributed by atoms with E-state index in [1.807, 2.05) is 13.8 Å². The van der Waals surface area contributed by atoms with E-state index in [1.165, 1.54) is 0 Å². The zero-order valence-electron chi connectivity index (χ0n) is 14.5. The summed E-state index contributed by atoms with van der Waals surface area (Å²) in [4.78, 5) is 12.6. The van der Waals surface area contributed by atoms with E-state index in [9.17, 15) is 13.2 Å². The Labute approximate surface area is 147 Å². The molecule has 2 atom stereocenters. The van der Waals surface area contributed by atoms with Gasteiger partial charge in [0.2, 0.25) is 10.0 Å². The average Bonchev–Trinajstić information content (AvgIpc) is 2.88. The number of carbonyl (C=O) groups excluding carboxylic acids is 1. The van der Waals surface area contributed by atoms with Crippen LogP contribution in [-0.4, -0.2) is 33.2 Å². The van der Waals surface area contributed by atoms with Crippen molar-refractivity contribution < 1.29 is 22.7 Å². The van der Waals surface area contributed by atoms with Crippen LogP contribution in [0.3, 0.4) is 0 Å². The number of benzene rings is 1. The van der Waals surface area contributed by atoms with Gasteiger partial charge in [-0.1, -0.05) is 13.8 Å². The van der Waals surface area contributed by atoms with Crippen LogP contribution in [-0.2, 0) is 14.8 Å². The number of hydrogen-bond acceptors (Lipinski definition) is 5. The lowest BCUT2D eigenvalue weighted by molar-refractivity contribution is -0.128. The van der Waals surface area contributed by atoms with Crippen molar-refractivity contribution in [2.75, 3.05) is 23.7 Å².